The first-order valence-corrected chi connectivity index (χ1v) is 13.5. The van der Waals surface area contributed by atoms with Crippen LogP contribution in [0.3, 0.4) is 0 Å². The molecule has 2 aromatic carbocycles. The van der Waals surface area contributed by atoms with Gasteiger partial charge in [-0.3, -0.25) is 14.4 Å². The molecule has 1 aliphatic heterocycles. The van der Waals surface area contributed by atoms with Gasteiger partial charge in [-0.2, -0.15) is 0 Å². The second kappa shape index (κ2) is 14.1. The first-order chi connectivity index (χ1) is 18.6. The smallest absolute Gasteiger partial charge is 0.255 e. The fourth-order valence-corrected chi connectivity index (χ4v) is 4.83. The van der Waals surface area contributed by atoms with Crippen molar-refractivity contribution in [3.8, 4) is 0 Å². The molecule has 0 radical (unpaired) electrons. The van der Waals surface area contributed by atoms with E-state index in [1.807, 2.05) is 58.0 Å². The average Bonchev–Trinajstić information content (AvgIpc) is 2.90. The number of ether oxygens (including phenoxy) is 2. The molecule has 1 unspecified atom stereocenters. The summed E-state index contributed by atoms with van der Waals surface area (Å²) in [5.74, 6) is -0.449. The van der Waals surface area contributed by atoms with E-state index in [0.717, 1.165) is 5.56 Å². The molecule has 39 heavy (non-hydrogen) atoms. The van der Waals surface area contributed by atoms with Crippen LogP contribution in [-0.4, -0.2) is 62.1 Å². The molecule has 0 aliphatic carbocycles. The molecule has 3 rings (SSSR count). The first kappa shape index (κ1) is 30.1. The number of fused-ring (bicyclic) bond motifs is 3. The van der Waals surface area contributed by atoms with E-state index in [1.54, 1.807) is 43.4 Å². The SMILES string of the molecule is COC1c2ccccc2NC(=O)c2cccc(c2)/C=C/C(=O)N[C@@H](CC(C)C)C(=O)N(CC(C)C)C[C@H]1OC. The summed E-state index contributed by atoms with van der Waals surface area (Å²) in [7, 11) is 3.17. The maximum atomic E-state index is 13.9. The number of hydrogen-bond donors (Lipinski definition) is 2. The largest absolute Gasteiger partial charge is 0.377 e. The highest BCUT2D eigenvalue weighted by atomic mass is 16.5. The summed E-state index contributed by atoms with van der Waals surface area (Å²) in [6.07, 6.45) is 2.43. The van der Waals surface area contributed by atoms with Gasteiger partial charge in [0.2, 0.25) is 11.8 Å². The Labute approximate surface area is 231 Å². The van der Waals surface area contributed by atoms with Crippen LogP contribution in [0, 0.1) is 11.8 Å². The van der Waals surface area contributed by atoms with Crippen molar-refractivity contribution in [2.24, 2.45) is 11.8 Å². The third-order valence-corrected chi connectivity index (χ3v) is 6.61. The van der Waals surface area contributed by atoms with Crippen LogP contribution in [-0.2, 0) is 19.1 Å². The van der Waals surface area contributed by atoms with E-state index in [2.05, 4.69) is 10.6 Å². The van der Waals surface area contributed by atoms with E-state index in [4.69, 9.17) is 9.47 Å². The van der Waals surface area contributed by atoms with Crippen molar-refractivity contribution in [2.45, 2.75) is 52.4 Å². The molecule has 1 aliphatic rings. The van der Waals surface area contributed by atoms with Crippen molar-refractivity contribution in [1.82, 2.24) is 10.2 Å². The van der Waals surface area contributed by atoms with Gasteiger partial charge in [0.1, 0.15) is 18.2 Å². The van der Waals surface area contributed by atoms with Crippen LogP contribution >= 0.6 is 0 Å². The number of carbonyl (C=O) groups is 3. The monoisotopic (exact) mass is 535 g/mol. The zero-order valence-electron chi connectivity index (χ0n) is 23.8. The van der Waals surface area contributed by atoms with Gasteiger partial charge in [0, 0.05) is 50.2 Å². The highest BCUT2D eigenvalue weighted by Gasteiger charge is 2.33. The number of anilines is 1. The Morgan fingerprint density at radius 2 is 1.67 bits per heavy atom. The van der Waals surface area contributed by atoms with Crippen LogP contribution in [0.1, 0.15) is 61.7 Å². The average molecular weight is 536 g/mol. The molecule has 2 aromatic rings. The van der Waals surface area contributed by atoms with Gasteiger partial charge in [-0.05, 0) is 48.1 Å². The summed E-state index contributed by atoms with van der Waals surface area (Å²) in [6, 6.07) is 13.7. The van der Waals surface area contributed by atoms with Gasteiger partial charge < -0.3 is 25.0 Å². The Hall–Kier alpha value is -3.49. The number of methoxy groups -OCH3 is 2. The minimum atomic E-state index is -0.697. The van der Waals surface area contributed by atoms with Crippen LogP contribution in [0.5, 0.6) is 0 Å². The fourth-order valence-electron chi connectivity index (χ4n) is 4.83. The predicted molar refractivity (Wildman–Crippen MR) is 153 cm³/mol. The minimum absolute atomic E-state index is 0.163. The number of nitrogens with one attached hydrogen (secondary N) is 2. The Morgan fingerprint density at radius 1 is 0.923 bits per heavy atom. The molecular weight excluding hydrogens is 494 g/mol. The third kappa shape index (κ3) is 8.25. The molecule has 8 nitrogen and oxygen atoms in total. The zero-order valence-corrected chi connectivity index (χ0v) is 23.8. The van der Waals surface area contributed by atoms with Gasteiger partial charge in [0.25, 0.3) is 5.91 Å². The van der Waals surface area contributed by atoms with E-state index < -0.39 is 18.2 Å². The zero-order chi connectivity index (χ0) is 28.5. The molecule has 2 N–H and O–H groups in total. The van der Waals surface area contributed by atoms with Crippen LogP contribution in [0.25, 0.3) is 6.08 Å². The molecule has 2 bridgehead atoms. The second-order valence-corrected chi connectivity index (χ2v) is 10.8. The summed E-state index contributed by atoms with van der Waals surface area (Å²) < 4.78 is 11.8. The van der Waals surface area contributed by atoms with E-state index in [1.165, 1.54) is 6.08 Å². The van der Waals surface area contributed by atoms with E-state index in [0.29, 0.717) is 29.8 Å². The van der Waals surface area contributed by atoms with Crippen LogP contribution in [0.2, 0.25) is 0 Å². The van der Waals surface area contributed by atoms with Gasteiger partial charge in [0.15, 0.2) is 0 Å². The molecular formula is C31H41N3O5. The number of benzene rings is 2. The lowest BCUT2D eigenvalue weighted by Crippen LogP contribution is -2.52. The fraction of sp³-hybridized carbons (Fsp3) is 0.452. The van der Waals surface area contributed by atoms with E-state index >= 15 is 0 Å². The van der Waals surface area contributed by atoms with Crippen molar-refractivity contribution >= 4 is 29.5 Å². The second-order valence-electron chi connectivity index (χ2n) is 10.8. The molecule has 210 valence electrons. The summed E-state index contributed by atoms with van der Waals surface area (Å²) in [5, 5.41) is 5.92. The van der Waals surface area contributed by atoms with E-state index in [-0.39, 0.29) is 36.1 Å². The topological polar surface area (TPSA) is 97.0 Å². The van der Waals surface area contributed by atoms with Crippen LogP contribution in [0.4, 0.5) is 5.69 Å². The molecule has 0 spiro atoms. The molecule has 0 saturated heterocycles. The quantitative estimate of drug-likeness (QED) is 0.560. The van der Waals surface area contributed by atoms with Crippen LogP contribution < -0.4 is 10.6 Å². The van der Waals surface area contributed by atoms with E-state index in [9.17, 15) is 14.4 Å². The Morgan fingerprint density at radius 3 is 2.33 bits per heavy atom. The molecule has 3 atom stereocenters. The lowest BCUT2D eigenvalue weighted by atomic mass is 9.99. The van der Waals surface area contributed by atoms with Crippen molar-refractivity contribution in [2.75, 3.05) is 32.6 Å². The van der Waals surface area contributed by atoms with Crippen molar-refractivity contribution < 1.29 is 23.9 Å². The Bertz CT molecular complexity index is 1180. The van der Waals surface area contributed by atoms with Gasteiger partial charge in [-0.1, -0.05) is 58.0 Å². The summed E-state index contributed by atoms with van der Waals surface area (Å²) in [5.41, 5.74) is 2.48. The Kier molecular flexibility index (Phi) is 10.8. The lowest BCUT2D eigenvalue weighted by Gasteiger charge is -2.35. The summed E-state index contributed by atoms with van der Waals surface area (Å²) in [4.78, 5) is 41.8. The number of hydrogen-bond acceptors (Lipinski definition) is 5. The summed E-state index contributed by atoms with van der Waals surface area (Å²) in [6.45, 7) is 8.87. The molecule has 0 aromatic heterocycles. The van der Waals surface area contributed by atoms with Gasteiger partial charge >= 0.3 is 0 Å². The van der Waals surface area contributed by atoms with Crippen molar-refractivity contribution in [1.29, 1.82) is 0 Å². The number of para-hydroxylation sites is 1. The highest BCUT2D eigenvalue weighted by Crippen LogP contribution is 2.31. The maximum Gasteiger partial charge on any atom is 0.255 e. The minimum Gasteiger partial charge on any atom is -0.377 e. The van der Waals surface area contributed by atoms with Crippen molar-refractivity contribution in [3.63, 3.8) is 0 Å². The number of nitrogens with zero attached hydrogens (tertiary/aromatic N) is 1. The molecule has 1 heterocycles. The lowest BCUT2D eigenvalue weighted by molar-refractivity contribution is -0.140. The van der Waals surface area contributed by atoms with Gasteiger partial charge in [-0.15, -0.1) is 0 Å². The standard InChI is InChI=1S/C31H41N3O5/c1-20(2)16-26-31(37)34(18-21(3)4)19-27(38-5)29(39-6)24-12-7-8-13-25(24)33-30(36)23-11-9-10-22(17-23)14-15-28(35)32-26/h7-15,17,20-21,26-27,29H,16,18-19H2,1-6H3,(H,32,35)(H,33,36)/b15-14+/t26-,27+,29?/m0/s1. The number of carbonyl (C=O) groups excluding carboxylic acids is 3. The highest BCUT2D eigenvalue weighted by molar-refractivity contribution is 6.05. The molecule has 3 amide bonds. The summed E-state index contributed by atoms with van der Waals surface area (Å²) >= 11 is 0. The van der Waals surface area contributed by atoms with Crippen molar-refractivity contribution in [3.05, 3.63) is 71.3 Å². The maximum absolute atomic E-state index is 13.9. The van der Waals surface area contributed by atoms with Gasteiger partial charge in [0.05, 0.1) is 0 Å². The number of rotatable bonds is 6. The first-order valence-electron chi connectivity index (χ1n) is 13.5. The Balaban J connectivity index is 2.13. The predicted octanol–water partition coefficient (Wildman–Crippen LogP) is 4.68. The molecule has 0 saturated carbocycles. The van der Waals surface area contributed by atoms with Gasteiger partial charge in [-0.25, -0.2) is 0 Å². The third-order valence-electron chi connectivity index (χ3n) is 6.61. The number of amides is 3. The molecule has 0 fully saturated rings. The normalized spacial score (nSPS) is 21.8. The van der Waals surface area contributed by atoms with Crippen LogP contribution in [0.15, 0.2) is 54.6 Å². The molecule has 8 heteroatoms.